The van der Waals surface area contributed by atoms with Crippen molar-refractivity contribution in [3.8, 4) is 11.7 Å². The molecule has 2 aromatic rings. The highest BCUT2D eigenvalue weighted by Gasteiger charge is 2.32. The van der Waals surface area contributed by atoms with Crippen LogP contribution >= 0.6 is 0 Å². The summed E-state index contributed by atoms with van der Waals surface area (Å²) >= 11 is 0. The number of hydrogen-bond acceptors (Lipinski definition) is 6. The van der Waals surface area contributed by atoms with Gasteiger partial charge >= 0.3 is 6.01 Å². The Balaban J connectivity index is 0.000000448. The van der Waals surface area contributed by atoms with Crippen LogP contribution in [0.15, 0.2) is 27.2 Å². The number of hydrogen-bond donors (Lipinski definition) is 0. The molecule has 3 aliphatic rings. The Morgan fingerprint density at radius 2 is 1.74 bits per heavy atom. The molecule has 0 N–H and O–H groups in total. The van der Waals surface area contributed by atoms with Gasteiger partial charge in [-0.05, 0) is 25.0 Å². The van der Waals surface area contributed by atoms with Crippen molar-refractivity contribution in [2.24, 2.45) is 0 Å². The lowest BCUT2D eigenvalue weighted by Gasteiger charge is -2.29. The van der Waals surface area contributed by atoms with Crippen LogP contribution in [0.25, 0.3) is 11.7 Å². The minimum atomic E-state index is 0.458. The second-order valence-electron chi connectivity index (χ2n) is 5.13. The first-order valence-corrected chi connectivity index (χ1v) is 8.76. The van der Waals surface area contributed by atoms with Gasteiger partial charge in [0.25, 0.3) is 5.89 Å². The van der Waals surface area contributed by atoms with E-state index >= 15 is 0 Å². The maximum atomic E-state index is 5.77. The highest BCUT2D eigenvalue weighted by Crippen LogP contribution is 2.28. The zero-order chi connectivity index (χ0) is 16.7. The summed E-state index contributed by atoms with van der Waals surface area (Å²) in [6, 6.07) is 4.81. The standard InChI is InChI=1S/C13H16N4O2.2C2H6/c1-2-11(18-9-1)12-14-15-13(19-12)17-8-7-16-5-3-10(17)4-6-16;2*1-2/h1-2,9-10H,3-8H2;2*1-2H3. The quantitative estimate of drug-likeness (QED) is 0.841. The van der Waals surface area contributed by atoms with Gasteiger partial charge in [-0.2, -0.15) is 0 Å². The molecule has 23 heavy (non-hydrogen) atoms. The fourth-order valence-electron chi connectivity index (χ4n) is 2.97. The van der Waals surface area contributed by atoms with E-state index in [9.17, 15) is 0 Å². The van der Waals surface area contributed by atoms with E-state index in [1.807, 2.05) is 39.8 Å². The third kappa shape index (κ3) is 3.93. The second-order valence-corrected chi connectivity index (χ2v) is 5.13. The average molecular weight is 320 g/mol. The van der Waals surface area contributed by atoms with E-state index in [0.717, 1.165) is 13.1 Å². The number of nitrogens with zero attached hydrogens (tertiary/aromatic N) is 4. The largest absolute Gasteiger partial charge is 0.459 e. The maximum Gasteiger partial charge on any atom is 0.318 e. The van der Waals surface area contributed by atoms with E-state index < -0.39 is 0 Å². The molecule has 5 heterocycles. The molecule has 6 heteroatoms. The highest BCUT2D eigenvalue weighted by molar-refractivity contribution is 5.45. The third-order valence-electron chi connectivity index (χ3n) is 4.05. The number of aromatic nitrogens is 2. The number of furan rings is 1. The number of anilines is 1. The van der Waals surface area contributed by atoms with E-state index in [1.165, 1.54) is 25.9 Å². The van der Waals surface area contributed by atoms with Crippen molar-refractivity contribution in [3.05, 3.63) is 18.4 Å². The lowest BCUT2D eigenvalue weighted by molar-refractivity contribution is 0.249. The van der Waals surface area contributed by atoms with E-state index in [1.54, 1.807) is 6.26 Å². The van der Waals surface area contributed by atoms with Gasteiger partial charge in [0, 0.05) is 32.2 Å². The van der Waals surface area contributed by atoms with Crippen molar-refractivity contribution in [1.82, 2.24) is 15.1 Å². The van der Waals surface area contributed by atoms with Crippen LogP contribution in [0.5, 0.6) is 0 Å². The molecule has 0 aliphatic carbocycles. The number of rotatable bonds is 2. The molecule has 0 radical (unpaired) electrons. The van der Waals surface area contributed by atoms with E-state index in [4.69, 9.17) is 8.83 Å². The van der Waals surface area contributed by atoms with Gasteiger partial charge in [0.2, 0.25) is 0 Å². The molecular weight excluding hydrogens is 292 g/mol. The van der Waals surface area contributed by atoms with Crippen LogP contribution in [0.1, 0.15) is 40.5 Å². The van der Waals surface area contributed by atoms with E-state index in [0.29, 0.717) is 23.7 Å². The molecule has 128 valence electrons. The topological polar surface area (TPSA) is 58.5 Å². The van der Waals surface area contributed by atoms with Gasteiger partial charge in [0.15, 0.2) is 5.76 Å². The first-order valence-electron chi connectivity index (χ1n) is 8.76. The molecule has 5 rings (SSSR count). The zero-order valence-corrected chi connectivity index (χ0v) is 14.7. The van der Waals surface area contributed by atoms with Crippen LogP contribution < -0.4 is 4.90 Å². The van der Waals surface area contributed by atoms with Crippen LogP contribution in [-0.4, -0.2) is 47.3 Å². The molecule has 2 aromatic heterocycles. The predicted octanol–water partition coefficient (Wildman–Crippen LogP) is 3.67. The minimum Gasteiger partial charge on any atom is -0.459 e. The normalized spacial score (nSPS) is 22.5. The van der Waals surface area contributed by atoms with E-state index in [2.05, 4.69) is 20.0 Å². The van der Waals surface area contributed by atoms with Gasteiger partial charge in [-0.3, -0.25) is 0 Å². The Morgan fingerprint density at radius 3 is 2.39 bits per heavy atom. The maximum absolute atomic E-state index is 5.77. The molecule has 0 saturated carbocycles. The van der Waals surface area contributed by atoms with Crippen molar-refractivity contribution >= 4 is 6.01 Å². The molecule has 6 nitrogen and oxygen atoms in total. The number of fused-ring (bicyclic) bond motifs is 4. The molecule has 0 amide bonds. The van der Waals surface area contributed by atoms with Crippen molar-refractivity contribution < 1.29 is 8.83 Å². The van der Waals surface area contributed by atoms with E-state index in [-0.39, 0.29) is 0 Å². The first-order chi connectivity index (χ1) is 11.4. The Morgan fingerprint density at radius 1 is 1.00 bits per heavy atom. The number of piperidine rings is 1. The molecule has 0 unspecified atom stereocenters. The first kappa shape index (κ1) is 17.5. The van der Waals surface area contributed by atoms with Crippen LogP contribution in [-0.2, 0) is 0 Å². The molecule has 2 bridgehead atoms. The Labute approximate surface area is 138 Å². The predicted molar refractivity (Wildman–Crippen MR) is 91.5 cm³/mol. The molecule has 0 aromatic carbocycles. The molecule has 3 aliphatic heterocycles. The van der Waals surface area contributed by atoms with Crippen molar-refractivity contribution in [3.63, 3.8) is 0 Å². The van der Waals surface area contributed by atoms with Crippen molar-refractivity contribution in [2.75, 3.05) is 31.1 Å². The Kier molecular flexibility index (Phi) is 6.65. The van der Waals surface area contributed by atoms with Gasteiger partial charge in [-0.1, -0.05) is 32.8 Å². The zero-order valence-electron chi connectivity index (χ0n) is 14.7. The van der Waals surface area contributed by atoms with Crippen molar-refractivity contribution in [2.45, 2.75) is 46.6 Å². The van der Waals surface area contributed by atoms with Crippen LogP contribution in [0.2, 0.25) is 0 Å². The van der Waals surface area contributed by atoms with Crippen LogP contribution in [0.4, 0.5) is 6.01 Å². The summed E-state index contributed by atoms with van der Waals surface area (Å²) in [4.78, 5) is 4.76. The summed E-state index contributed by atoms with van der Waals surface area (Å²) in [5.41, 5.74) is 0. The molecule has 3 saturated heterocycles. The second kappa shape index (κ2) is 8.72. The summed E-state index contributed by atoms with van der Waals surface area (Å²) in [6.07, 6.45) is 3.97. The SMILES string of the molecule is CC.CC.c1coc(-c2nnc(N3CCN4CCC3CC4)o2)c1. The van der Waals surface area contributed by atoms with Crippen LogP contribution in [0, 0.1) is 0 Å². The third-order valence-corrected chi connectivity index (χ3v) is 4.05. The molecule has 0 atom stereocenters. The molecule has 0 spiro atoms. The van der Waals surface area contributed by atoms with Gasteiger partial charge in [0.05, 0.1) is 6.26 Å². The summed E-state index contributed by atoms with van der Waals surface area (Å²) < 4.78 is 11.0. The Hall–Kier alpha value is -1.82. The Bertz CT molecular complexity index is 545. The van der Waals surface area contributed by atoms with Gasteiger partial charge in [0.1, 0.15) is 0 Å². The fraction of sp³-hybridized carbons (Fsp3) is 0.647. The summed E-state index contributed by atoms with van der Waals surface area (Å²) in [6.45, 7) is 12.4. The van der Waals surface area contributed by atoms with Gasteiger partial charge in [-0.15, -0.1) is 5.10 Å². The molecular formula is C17H28N4O2. The smallest absolute Gasteiger partial charge is 0.318 e. The fourth-order valence-corrected chi connectivity index (χ4v) is 2.97. The monoisotopic (exact) mass is 320 g/mol. The van der Waals surface area contributed by atoms with Gasteiger partial charge < -0.3 is 18.6 Å². The average Bonchev–Trinajstić information content (AvgIpc) is 3.25. The summed E-state index contributed by atoms with van der Waals surface area (Å²) in [7, 11) is 0. The van der Waals surface area contributed by atoms with Crippen molar-refractivity contribution in [1.29, 1.82) is 0 Å². The highest BCUT2D eigenvalue weighted by atomic mass is 16.4. The lowest BCUT2D eigenvalue weighted by atomic mass is 10.1. The summed E-state index contributed by atoms with van der Waals surface area (Å²) in [5, 5.41) is 8.27. The minimum absolute atomic E-state index is 0.458. The van der Waals surface area contributed by atoms with Crippen LogP contribution in [0.3, 0.4) is 0 Å². The lowest BCUT2D eigenvalue weighted by Crippen LogP contribution is -2.38. The van der Waals surface area contributed by atoms with Gasteiger partial charge in [-0.25, -0.2) is 0 Å². The summed E-state index contributed by atoms with van der Waals surface area (Å²) in [5.74, 6) is 1.08. The molecule has 3 fully saturated rings.